The van der Waals surface area contributed by atoms with Crippen LogP contribution in [0.2, 0.25) is 0 Å². The Hall–Kier alpha value is -4.09. The number of carbonyl (C=O) groups is 1. The van der Waals surface area contributed by atoms with Gasteiger partial charge in [0.25, 0.3) is 0 Å². The lowest BCUT2D eigenvalue weighted by atomic mass is 10.1. The van der Waals surface area contributed by atoms with Crippen LogP contribution in [0.15, 0.2) is 48.7 Å². The number of ether oxygens (including phenoxy) is 3. The number of amides is 1. The fourth-order valence-electron chi connectivity index (χ4n) is 4.85. The van der Waals surface area contributed by atoms with E-state index >= 15 is 0 Å². The summed E-state index contributed by atoms with van der Waals surface area (Å²) in [4.78, 5) is 24.6. The van der Waals surface area contributed by atoms with Gasteiger partial charge in [-0.1, -0.05) is 0 Å². The molecule has 3 aromatic rings. The first-order valence-corrected chi connectivity index (χ1v) is 13.1. The molecule has 0 saturated carbocycles. The Morgan fingerprint density at radius 1 is 1.10 bits per heavy atom. The van der Waals surface area contributed by atoms with Crippen LogP contribution in [0.4, 0.5) is 23.0 Å². The van der Waals surface area contributed by atoms with Crippen LogP contribution in [-0.4, -0.2) is 85.1 Å². The second-order valence-electron chi connectivity index (χ2n) is 9.49. The van der Waals surface area contributed by atoms with Crippen molar-refractivity contribution in [3.05, 3.63) is 48.7 Å². The number of aromatic nitrogens is 2. The molecule has 3 heterocycles. The molecule has 1 amide bonds. The molecule has 206 valence electrons. The number of hydrogen-bond donors (Lipinski definition) is 3. The van der Waals surface area contributed by atoms with E-state index in [-0.39, 0.29) is 12.0 Å². The summed E-state index contributed by atoms with van der Waals surface area (Å²) in [5.41, 5.74) is 10.3. The summed E-state index contributed by atoms with van der Waals surface area (Å²) in [6.07, 6.45) is 3.03. The maximum absolute atomic E-state index is 11.7. The van der Waals surface area contributed by atoms with Gasteiger partial charge in [0.2, 0.25) is 11.9 Å². The van der Waals surface area contributed by atoms with Crippen LogP contribution in [0.25, 0.3) is 11.3 Å². The second-order valence-corrected chi connectivity index (χ2v) is 9.49. The molecule has 0 spiro atoms. The van der Waals surface area contributed by atoms with Crippen molar-refractivity contribution in [3.8, 4) is 22.8 Å². The lowest BCUT2D eigenvalue weighted by Crippen LogP contribution is -2.42. The van der Waals surface area contributed by atoms with Gasteiger partial charge in [0.05, 0.1) is 37.4 Å². The van der Waals surface area contributed by atoms with Crippen molar-refractivity contribution >= 4 is 28.9 Å². The Kier molecular flexibility index (Phi) is 8.28. The third-order valence-corrected chi connectivity index (χ3v) is 6.97. The number of piperidine rings is 1. The van der Waals surface area contributed by atoms with Gasteiger partial charge in [-0.15, -0.1) is 0 Å². The molecular formula is C28H34N6O5. The zero-order valence-corrected chi connectivity index (χ0v) is 22.0. The van der Waals surface area contributed by atoms with Gasteiger partial charge in [-0.25, -0.2) is 9.97 Å². The normalized spacial score (nSPS) is 16.2. The number of benzene rings is 2. The van der Waals surface area contributed by atoms with Crippen molar-refractivity contribution < 1.29 is 24.1 Å². The van der Waals surface area contributed by atoms with Crippen LogP contribution in [0, 0.1) is 0 Å². The smallest absolute Gasteiger partial charge is 0.248 e. The number of hydrogen-bond acceptors (Lipinski definition) is 10. The van der Waals surface area contributed by atoms with E-state index in [1.807, 2.05) is 42.5 Å². The highest BCUT2D eigenvalue weighted by Gasteiger charge is 2.24. The summed E-state index contributed by atoms with van der Waals surface area (Å²) in [5.74, 6) is 1.58. The van der Waals surface area contributed by atoms with E-state index in [0.717, 1.165) is 41.5 Å². The van der Waals surface area contributed by atoms with E-state index < -0.39 is 6.61 Å². The van der Waals surface area contributed by atoms with Gasteiger partial charge in [0.15, 0.2) is 0 Å². The van der Waals surface area contributed by atoms with Crippen LogP contribution in [0.5, 0.6) is 11.5 Å². The summed E-state index contributed by atoms with van der Waals surface area (Å²) in [7, 11) is 1.67. The van der Waals surface area contributed by atoms with Gasteiger partial charge in [0, 0.05) is 62.5 Å². The minimum atomic E-state index is -0.463. The third-order valence-electron chi connectivity index (χ3n) is 6.97. The highest BCUT2D eigenvalue weighted by molar-refractivity contribution is 5.77. The fraction of sp³-hybridized carbons (Fsp3) is 0.393. The van der Waals surface area contributed by atoms with E-state index in [0.29, 0.717) is 56.5 Å². The van der Waals surface area contributed by atoms with Crippen LogP contribution in [0.3, 0.4) is 0 Å². The van der Waals surface area contributed by atoms with Crippen LogP contribution in [-0.2, 0) is 9.53 Å². The number of morpholine rings is 1. The molecule has 11 heteroatoms. The second kappa shape index (κ2) is 12.2. The number of nitrogen functional groups attached to an aromatic ring is 1. The van der Waals surface area contributed by atoms with Crippen LogP contribution >= 0.6 is 0 Å². The molecule has 5 rings (SSSR count). The van der Waals surface area contributed by atoms with Crippen LogP contribution < -0.4 is 25.4 Å². The Balaban J connectivity index is 1.25. The van der Waals surface area contributed by atoms with E-state index in [4.69, 9.17) is 25.1 Å². The minimum absolute atomic E-state index is 0.0395. The zero-order chi connectivity index (χ0) is 27.2. The van der Waals surface area contributed by atoms with Gasteiger partial charge < -0.3 is 40.2 Å². The quantitative estimate of drug-likeness (QED) is 0.370. The van der Waals surface area contributed by atoms with E-state index in [1.54, 1.807) is 18.2 Å². The van der Waals surface area contributed by atoms with E-state index in [2.05, 4.69) is 20.2 Å². The van der Waals surface area contributed by atoms with Crippen LogP contribution in [0.1, 0.15) is 12.8 Å². The SMILES string of the molecule is COc1cc(Nc2nccc(-c3ccc(OC4CCN(C(=O)CO)CC4)c(N)c3)n2)ccc1N1CCOCC1. The number of nitrogens with one attached hydrogen (secondary N) is 1. The number of nitrogens with zero attached hydrogens (tertiary/aromatic N) is 4. The highest BCUT2D eigenvalue weighted by atomic mass is 16.5. The monoisotopic (exact) mass is 534 g/mol. The van der Waals surface area contributed by atoms with Gasteiger partial charge in [0.1, 0.15) is 24.2 Å². The number of carbonyl (C=O) groups excluding carboxylic acids is 1. The molecule has 2 saturated heterocycles. The predicted octanol–water partition coefficient (Wildman–Crippen LogP) is 2.68. The average molecular weight is 535 g/mol. The Labute approximate surface area is 227 Å². The molecule has 0 bridgehead atoms. The zero-order valence-electron chi connectivity index (χ0n) is 22.0. The molecule has 0 radical (unpaired) electrons. The molecule has 39 heavy (non-hydrogen) atoms. The lowest BCUT2D eigenvalue weighted by Gasteiger charge is -2.32. The summed E-state index contributed by atoms with van der Waals surface area (Å²) in [5, 5.41) is 12.3. The molecule has 11 nitrogen and oxygen atoms in total. The van der Waals surface area contributed by atoms with Gasteiger partial charge in [-0.05, 0) is 36.4 Å². The van der Waals surface area contributed by atoms with Gasteiger partial charge in [-0.2, -0.15) is 0 Å². The number of nitrogens with two attached hydrogens (primary N) is 1. The van der Waals surface area contributed by atoms with Crippen molar-refractivity contribution in [1.29, 1.82) is 0 Å². The summed E-state index contributed by atoms with van der Waals surface area (Å²) < 4.78 is 17.2. The van der Waals surface area contributed by atoms with Gasteiger partial charge >= 0.3 is 0 Å². The number of likely N-dealkylation sites (tertiary alicyclic amines) is 1. The largest absolute Gasteiger partial charge is 0.495 e. The average Bonchev–Trinajstić information content (AvgIpc) is 2.98. The first kappa shape index (κ1) is 26.5. The first-order chi connectivity index (χ1) is 19.0. The maximum Gasteiger partial charge on any atom is 0.248 e. The summed E-state index contributed by atoms with van der Waals surface area (Å²) >= 11 is 0. The van der Waals surface area contributed by atoms with Crippen molar-refractivity contribution in [2.45, 2.75) is 18.9 Å². The Bertz CT molecular complexity index is 1290. The number of aliphatic hydroxyl groups is 1. The predicted molar refractivity (Wildman–Crippen MR) is 149 cm³/mol. The molecular weight excluding hydrogens is 500 g/mol. The Morgan fingerprint density at radius 3 is 2.62 bits per heavy atom. The molecule has 0 unspecified atom stereocenters. The number of aliphatic hydroxyl groups excluding tert-OH is 1. The standard InChI is InChI=1S/C28H34N6O5/c1-37-26-17-20(3-4-24(26)33-12-14-38-15-13-33)31-28-30-9-6-23(32-28)19-2-5-25(22(29)16-19)39-21-7-10-34(11-8-21)27(36)18-35/h2-6,9,16-17,21,35H,7-8,10-15,18,29H2,1H3,(H,30,31,32). The van der Waals surface area contributed by atoms with Crippen molar-refractivity contribution in [2.75, 3.05) is 69.1 Å². The minimum Gasteiger partial charge on any atom is -0.495 e. The molecule has 2 aromatic carbocycles. The molecule has 2 fully saturated rings. The first-order valence-electron chi connectivity index (χ1n) is 13.1. The summed E-state index contributed by atoms with van der Waals surface area (Å²) in [6.45, 7) is 3.71. The number of rotatable bonds is 8. The fourth-order valence-corrected chi connectivity index (χ4v) is 4.85. The third kappa shape index (κ3) is 6.32. The highest BCUT2D eigenvalue weighted by Crippen LogP contribution is 2.33. The molecule has 2 aliphatic heterocycles. The molecule has 1 aromatic heterocycles. The molecule has 4 N–H and O–H groups in total. The van der Waals surface area contributed by atoms with E-state index in [9.17, 15) is 4.79 Å². The van der Waals surface area contributed by atoms with Gasteiger partial charge in [-0.3, -0.25) is 4.79 Å². The van der Waals surface area contributed by atoms with E-state index in [1.165, 1.54) is 0 Å². The molecule has 2 aliphatic rings. The number of methoxy groups -OCH3 is 1. The van der Waals surface area contributed by atoms with Crippen molar-refractivity contribution in [2.24, 2.45) is 0 Å². The molecule has 0 aliphatic carbocycles. The topological polar surface area (TPSA) is 135 Å². The summed E-state index contributed by atoms with van der Waals surface area (Å²) in [6, 6.07) is 13.4. The number of anilines is 4. The Morgan fingerprint density at radius 2 is 1.90 bits per heavy atom. The van der Waals surface area contributed by atoms with Crippen molar-refractivity contribution in [1.82, 2.24) is 14.9 Å². The maximum atomic E-state index is 11.7. The van der Waals surface area contributed by atoms with Crippen molar-refractivity contribution in [3.63, 3.8) is 0 Å². The molecule has 0 atom stereocenters. The lowest BCUT2D eigenvalue weighted by molar-refractivity contribution is -0.135.